The van der Waals surface area contributed by atoms with Crippen molar-refractivity contribution in [2.45, 2.75) is 38.1 Å². The first kappa shape index (κ1) is 11.5. The monoisotopic (exact) mass is 221 g/mol. The predicted octanol–water partition coefficient (Wildman–Crippen LogP) is 0.872. The third-order valence-corrected chi connectivity index (χ3v) is 3.05. The Balaban J connectivity index is 2.14. The van der Waals surface area contributed by atoms with Crippen LogP contribution in [0.25, 0.3) is 0 Å². The van der Waals surface area contributed by atoms with Crippen LogP contribution in [0, 0.1) is 0 Å². The molecule has 0 aromatic carbocycles. The maximum absolute atomic E-state index is 5.96. The molecule has 88 valence electrons. The van der Waals surface area contributed by atoms with E-state index in [0.717, 1.165) is 25.0 Å². The molecule has 1 unspecified atom stereocenters. The molecule has 4 heteroatoms. The Labute approximate surface area is 96.2 Å². The second-order valence-corrected chi connectivity index (χ2v) is 4.37. The predicted molar refractivity (Wildman–Crippen MR) is 62.2 cm³/mol. The van der Waals surface area contributed by atoms with Crippen LogP contribution in [0.2, 0.25) is 0 Å². The first-order chi connectivity index (χ1) is 7.81. The first-order valence-corrected chi connectivity index (χ1v) is 5.87. The van der Waals surface area contributed by atoms with Gasteiger partial charge in [0.25, 0.3) is 0 Å². The highest BCUT2D eigenvalue weighted by atomic mass is 16.5. The summed E-state index contributed by atoms with van der Waals surface area (Å²) in [7, 11) is 1.68. The summed E-state index contributed by atoms with van der Waals surface area (Å²) in [5.74, 6) is 0. The molecule has 1 aliphatic rings. The van der Waals surface area contributed by atoms with Crippen molar-refractivity contribution in [1.82, 2.24) is 9.97 Å². The van der Waals surface area contributed by atoms with Gasteiger partial charge in [0.05, 0.1) is 6.61 Å². The van der Waals surface area contributed by atoms with Crippen molar-refractivity contribution in [3.63, 3.8) is 0 Å². The van der Waals surface area contributed by atoms with Gasteiger partial charge in [-0.3, -0.25) is 0 Å². The van der Waals surface area contributed by atoms with Crippen molar-refractivity contribution in [3.05, 3.63) is 23.3 Å². The molecule has 1 atom stereocenters. The minimum Gasteiger partial charge on any atom is -0.383 e. The summed E-state index contributed by atoms with van der Waals surface area (Å²) in [5, 5.41) is 0. The van der Waals surface area contributed by atoms with Gasteiger partial charge in [-0.1, -0.05) is 0 Å². The van der Waals surface area contributed by atoms with Gasteiger partial charge in [-0.15, -0.1) is 0 Å². The molecule has 0 amide bonds. The summed E-state index contributed by atoms with van der Waals surface area (Å²) in [4.78, 5) is 8.72. The lowest BCUT2D eigenvalue weighted by atomic mass is 9.93. The van der Waals surface area contributed by atoms with E-state index in [-0.39, 0.29) is 6.04 Å². The van der Waals surface area contributed by atoms with Crippen LogP contribution >= 0.6 is 0 Å². The SMILES string of the molecule is COCC(N)Cc1ncnc2c1CCCC2. The standard InChI is InChI=1S/C12H19N3O/c1-16-7-9(13)6-12-10-4-2-3-5-11(10)14-8-15-12/h8-9H,2-7,13H2,1H3. The Morgan fingerprint density at radius 3 is 3.00 bits per heavy atom. The highest BCUT2D eigenvalue weighted by Crippen LogP contribution is 2.21. The van der Waals surface area contributed by atoms with E-state index in [4.69, 9.17) is 10.5 Å². The Hall–Kier alpha value is -1.00. The van der Waals surface area contributed by atoms with E-state index >= 15 is 0 Å². The van der Waals surface area contributed by atoms with E-state index in [1.54, 1.807) is 13.4 Å². The van der Waals surface area contributed by atoms with Gasteiger partial charge in [-0.05, 0) is 31.2 Å². The number of nitrogens with two attached hydrogens (primary N) is 1. The van der Waals surface area contributed by atoms with Crippen LogP contribution in [0.5, 0.6) is 0 Å². The molecule has 0 spiro atoms. The second-order valence-electron chi connectivity index (χ2n) is 4.37. The van der Waals surface area contributed by atoms with Gasteiger partial charge in [0.15, 0.2) is 0 Å². The molecule has 0 bridgehead atoms. The fourth-order valence-corrected chi connectivity index (χ4v) is 2.29. The second kappa shape index (κ2) is 5.37. The third-order valence-electron chi connectivity index (χ3n) is 3.05. The Kier molecular flexibility index (Phi) is 3.85. The summed E-state index contributed by atoms with van der Waals surface area (Å²) in [6, 6.07) is 0.0333. The van der Waals surface area contributed by atoms with Crippen LogP contribution in [-0.2, 0) is 24.0 Å². The van der Waals surface area contributed by atoms with E-state index in [1.807, 2.05) is 0 Å². The van der Waals surface area contributed by atoms with Gasteiger partial charge in [-0.2, -0.15) is 0 Å². The van der Waals surface area contributed by atoms with Crippen molar-refractivity contribution in [2.75, 3.05) is 13.7 Å². The number of ether oxygens (including phenoxy) is 1. The molecular formula is C12H19N3O. The maximum Gasteiger partial charge on any atom is 0.115 e. The molecule has 0 fully saturated rings. The van der Waals surface area contributed by atoms with Crippen LogP contribution in [0.15, 0.2) is 6.33 Å². The average Bonchev–Trinajstić information content (AvgIpc) is 2.30. The quantitative estimate of drug-likeness (QED) is 0.819. The highest BCUT2D eigenvalue weighted by Gasteiger charge is 2.16. The maximum atomic E-state index is 5.96. The van der Waals surface area contributed by atoms with Gasteiger partial charge in [0.2, 0.25) is 0 Å². The van der Waals surface area contributed by atoms with Gasteiger partial charge in [0.1, 0.15) is 6.33 Å². The molecule has 0 radical (unpaired) electrons. The van der Waals surface area contributed by atoms with Crippen molar-refractivity contribution >= 4 is 0 Å². The third kappa shape index (κ3) is 2.57. The first-order valence-electron chi connectivity index (χ1n) is 5.87. The molecule has 2 rings (SSSR count). The number of methoxy groups -OCH3 is 1. The molecule has 4 nitrogen and oxygen atoms in total. The molecule has 1 aromatic rings. The van der Waals surface area contributed by atoms with E-state index in [2.05, 4.69) is 9.97 Å². The van der Waals surface area contributed by atoms with Crippen molar-refractivity contribution in [3.8, 4) is 0 Å². The number of hydrogen-bond acceptors (Lipinski definition) is 4. The normalized spacial score (nSPS) is 16.9. The smallest absolute Gasteiger partial charge is 0.115 e. The number of fused-ring (bicyclic) bond motifs is 1. The van der Waals surface area contributed by atoms with Crippen LogP contribution in [-0.4, -0.2) is 29.7 Å². The van der Waals surface area contributed by atoms with E-state index in [0.29, 0.717) is 6.61 Å². The van der Waals surface area contributed by atoms with Gasteiger partial charge in [0, 0.05) is 31.0 Å². The van der Waals surface area contributed by atoms with Crippen molar-refractivity contribution < 1.29 is 4.74 Å². The number of hydrogen-bond donors (Lipinski definition) is 1. The summed E-state index contributed by atoms with van der Waals surface area (Å²) in [6.07, 6.45) is 7.13. The van der Waals surface area contributed by atoms with Gasteiger partial charge >= 0.3 is 0 Å². The summed E-state index contributed by atoms with van der Waals surface area (Å²) >= 11 is 0. The molecule has 1 aromatic heterocycles. The zero-order valence-corrected chi connectivity index (χ0v) is 9.78. The van der Waals surface area contributed by atoms with Gasteiger partial charge in [-0.25, -0.2) is 9.97 Å². The summed E-state index contributed by atoms with van der Waals surface area (Å²) in [6.45, 7) is 0.582. The minimum absolute atomic E-state index is 0.0333. The minimum atomic E-state index is 0.0333. The Morgan fingerprint density at radius 1 is 1.38 bits per heavy atom. The lowest BCUT2D eigenvalue weighted by molar-refractivity contribution is 0.179. The number of nitrogens with zero attached hydrogens (tertiary/aromatic N) is 2. The van der Waals surface area contributed by atoms with E-state index in [9.17, 15) is 0 Å². The topological polar surface area (TPSA) is 61.0 Å². The molecule has 2 N–H and O–H groups in total. The fraction of sp³-hybridized carbons (Fsp3) is 0.667. The average molecular weight is 221 g/mol. The van der Waals surface area contributed by atoms with Crippen molar-refractivity contribution in [2.24, 2.45) is 5.73 Å². The number of rotatable bonds is 4. The molecule has 0 aliphatic heterocycles. The van der Waals surface area contributed by atoms with Crippen LogP contribution in [0.1, 0.15) is 29.8 Å². The Bertz CT molecular complexity index is 354. The molecule has 0 saturated heterocycles. The summed E-state index contributed by atoms with van der Waals surface area (Å²) in [5.41, 5.74) is 9.64. The van der Waals surface area contributed by atoms with Crippen LogP contribution in [0.3, 0.4) is 0 Å². The highest BCUT2D eigenvalue weighted by molar-refractivity contribution is 5.27. The molecule has 0 saturated carbocycles. The van der Waals surface area contributed by atoms with Crippen molar-refractivity contribution in [1.29, 1.82) is 0 Å². The lowest BCUT2D eigenvalue weighted by Crippen LogP contribution is -2.29. The van der Waals surface area contributed by atoms with Gasteiger partial charge < -0.3 is 10.5 Å². The van der Waals surface area contributed by atoms with E-state index in [1.165, 1.54) is 24.1 Å². The Morgan fingerprint density at radius 2 is 2.19 bits per heavy atom. The zero-order valence-electron chi connectivity index (χ0n) is 9.78. The van der Waals surface area contributed by atoms with E-state index < -0.39 is 0 Å². The molecule has 16 heavy (non-hydrogen) atoms. The molecule has 1 aliphatic carbocycles. The number of aryl methyl sites for hydroxylation is 1. The molecule has 1 heterocycles. The summed E-state index contributed by atoms with van der Waals surface area (Å²) < 4.78 is 5.05. The largest absolute Gasteiger partial charge is 0.383 e. The molecular weight excluding hydrogens is 202 g/mol. The zero-order chi connectivity index (χ0) is 11.4. The number of aromatic nitrogens is 2. The lowest BCUT2D eigenvalue weighted by Gasteiger charge is -2.19. The van der Waals surface area contributed by atoms with Crippen LogP contribution < -0.4 is 5.73 Å². The van der Waals surface area contributed by atoms with Crippen LogP contribution in [0.4, 0.5) is 0 Å². The fourth-order valence-electron chi connectivity index (χ4n) is 2.29.